The van der Waals surface area contributed by atoms with E-state index in [0.29, 0.717) is 4.88 Å². The van der Waals surface area contributed by atoms with Crippen LogP contribution in [0.15, 0.2) is 11.4 Å². The molecule has 0 unspecified atom stereocenters. The molecule has 0 spiro atoms. The van der Waals surface area contributed by atoms with Crippen molar-refractivity contribution in [3.8, 4) is 0 Å². The SMILES string of the molecule is CCN(CC)Cc1csc(C(=O)[O-])c1. The minimum atomic E-state index is -1.08. The highest BCUT2D eigenvalue weighted by Crippen LogP contribution is 2.15. The van der Waals surface area contributed by atoms with E-state index in [2.05, 4.69) is 18.7 Å². The third-order valence-corrected chi connectivity index (χ3v) is 3.11. The zero-order chi connectivity index (χ0) is 10.6. The van der Waals surface area contributed by atoms with E-state index in [-0.39, 0.29) is 0 Å². The van der Waals surface area contributed by atoms with Crippen molar-refractivity contribution in [3.05, 3.63) is 21.9 Å². The molecule has 0 atom stereocenters. The third kappa shape index (κ3) is 2.82. The standard InChI is InChI=1S/C10H15NO2S/c1-3-11(4-2)6-8-5-9(10(12)13)14-7-8/h5,7H,3-4,6H2,1-2H3,(H,12,13)/p-1. The van der Waals surface area contributed by atoms with Crippen molar-refractivity contribution in [3.63, 3.8) is 0 Å². The Morgan fingerprint density at radius 3 is 2.57 bits per heavy atom. The first-order valence-electron chi connectivity index (χ1n) is 4.68. The Kier molecular flexibility index (Phi) is 4.10. The van der Waals surface area contributed by atoms with Gasteiger partial charge in [0.1, 0.15) is 0 Å². The smallest absolute Gasteiger partial charge is 0.0815 e. The van der Waals surface area contributed by atoms with Crippen LogP contribution in [0.25, 0.3) is 0 Å². The minimum absolute atomic E-state index is 0.312. The second-order valence-corrected chi connectivity index (χ2v) is 3.98. The number of rotatable bonds is 5. The van der Waals surface area contributed by atoms with Gasteiger partial charge in [-0.05, 0) is 30.1 Å². The number of nitrogens with zero attached hydrogens (tertiary/aromatic N) is 1. The highest BCUT2D eigenvalue weighted by atomic mass is 32.1. The summed E-state index contributed by atoms with van der Waals surface area (Å²) in [5.74, 6) is -1.08. The maximum Gasteiger partial charge on any atom is 0.0815 e. The van der Waals surface area contributed by atoms with Crippen LogP contribution >= 0.6 is 11.3 Å². The summed E-state index contributed by atoms with van der Waals surface area (Å²) in [4.78, 5) is 13.1. The molecule has 0 saturated carbocycles. The molecular weight excluding hydrogens is 198 g/mol. The van der Waals surface area contributed by atoms with Gasteiger partial charge >= 0.3 is 0 Å². The van der Waals surface area contributed by atoms with Crippen LogP contribution in [0.4, 0.5) is 0 Å². The Morgan fingerprint density at radius 1 is 1.50 bits per heavy atom. The second kappa shape index (κ2) is 5.12. The van der Waals surface area contributed by atoms with E-state index < -0.39 is 5.97 Å². The van der Waals surface area contributed by atoms with E-state index in [4.69, 9.17) is 0 Å². The lowest BCUT2D eigenvalue weighted by molar-refractivity contribution is -0.254. The minimum Gasteiger partial charge on any atom is -0.544 e. The van der Waals surface area contributed by atoms with Crippen LogP contribution in [0.2, 0.25) is 0 Å². The number of carboxylic acid groups (broad SMARTS) is 1. The number of aromatic carboxylic acids is 1. The lowest BCUT2D eigenvalue weighted by Gasteiger charge is -2.16. The van der Waals surface area contributed by atoms with Crippen LogP contribution in [0, 0.1) is 0 Å². The molecule has 0 aromatic carbocycles. The monoisotopic (exact) mass is 212 g/mol. The molecule has 0 saturated heterocycles. The third-order valence-electron chi connectivity index (χ3n) is 2.16. The van der Waals surface area contributed by atoms with Crippen LogP contribution in [0.3, 0.4) is 0 Å². The largest absolute Gasteiger partial charge is 0.544 e. The second-order valence-electron chi connectivity index (χ2n) is 3.07. The summed E-state index contributed by atoms with van der Waals surface area (Å²) >= 11 is 1.23. The molecule has 0 bridgehead atoms. The summed E-state index contributed by atoms with van der Waals surface area (Å²) in [5.41, 5.74) is 1.05. The van der Waals surface area contributed by atoms with Crippen molar-refractivity contribution >= 4 is 17.3 Å². The quantitative estimate of drug-likeness (QED) is 0.730. The molecule has 3 nitrogen and oxygen atoms in total. The molecule has 1 aromatic rings. The van der Waals surface area contributed by atoms with Crippen LogP contribution in [-0.4, -0.2) is 24.0 Å². The molecular formula is C10H14NO2S-. The van der Waals surface area contributed by atoms with Gasteiger partial charge in [-0.25, -0.2) is 0 Å². The lowest BCUT2D eigenvalue weighted by Crippen LogP contribution is -2.22. The molecule has 0 radical (unpaired) electrons. The van der Waals surface area contributed by atoms with E-state index >= 15 is 0 Å². The zero-order valence-electron chi connectivity index (χ0n) is 8.45. The van der Waals surface area contributed by atoms with Gasteiger partial charge in [0.2, 0.25) is 0 Å². The van der Waals surface area contributed by atoms with Crippen molar-refractivity contribution in [2.75, 3.05) is 13.1 Å². The summed E-state index contributed by atoms with van der Waals surface area (Å²) in [6, 6.07) is 1.69. The van der Waals surface area contributed by atoms with Crippen LogP contribution in [0.5, 0.6) is 0 Å². The van der Waals surface area contributed by atoms with Gasteiger partial charge in [-0.2, -0.15) is 0 Å². The van der Waals surface area contributed by atoms with E-state index in [1.54, 1.807) is 6.07 Å². The zero-order valence-corrected chi connectivity index (χ0v) is 9.26. The summed E-state index contributed by atoms with van der Waals surface area (Å²) in [5, 5.41) is 12.4. The molecule has 1 aromatic heterocycles. The fourth-order valence-electron chi connectivity index (χ4n) is 1.27. The number of carbonyl (C=O) groups is 1. The average molecular weight is 212 g/mol. The molecule has 4 heteroatoms. The Labute approximate surface area is 88.0 Å². The van der Waals surface area contributed by atoms with Crippen LogP contribution in [0.1, 0.15) is 29.1 Å². The number of hydrogen-bond acceptors (Lipinski definition) is 4. The van der Waals surface area contributed by atoms with Crippen molar-refractivity contribution < 1.29 is 9.90 Å². The fraction of sp³-hybridized carbons (Fsp3) is 0.500. The van der Waals surface area contributed by atoms with Gasteiger partial charge in [-0.15, -0.1) is 11.3 Å². The maximum atomic E-state index is 10.5. The average Bonchev–Trinajstić information content (AvgIpc) is 2.62. The van der Waals surface area contributed by atoms with Crippen molar-refractivity contribution in [1.29, 1.82) is 0 Å². The molecule has 0 aliphatic heterocycles. The molecule has 0 N–H and O–H groups in total. The lowest BCUT2D eigenvalue weighted by atomic mass is 10.3. The summed E-state index contributed by atoms with van der Waals surface area (Å²) in [6.45, 7) is 6.96. The number of thiophene rings is 1. The van der Waals surface area contributed by atoms with Gasteiger partial charge in [0, 0.05) is 6.54 Å². The number of carboxylic acids is 1. The number of hydrogen-bond donors (Lipinski definition) is 0. The highest BCUT2D eigenvalue weighted by molar-refractivity contribution is 7.12. The normalized spacial score (nSPS) is 10.8. The van der Waals surface area contributed by atoms with E-state index in [1.165, 1.54) is 11.3 Å². The molecule has 1 heterocycles. The first-order valence-corrected chi connectivity index (χ1v) is 5.56. The van der Waals surface area contributed by atoms with Crippen LogP contribution in [-0.2, 0) is 6.54 Å². The maximum absolute atomic E-state index is 10.5. The van der Waals surface area contributed by atoms with Gasteiger partial charge in [-0.3, -0.25) is 4.90 Å². The van der Waals surface area contributed by atoms with E-state index in [1.807, 2.05) is 5.38 Å². The first kappa shape index (κ1) is 11.2. The molecule has 14 heavy (non-hydrogen) atoms. The molecule has 0 fully saturated rings. The summed E-state index contributed by atoms with van der Waals surface area (Å²) < 4.78 is 0. The van der Waals surface area contributed by atoms with Crippen molar-refractivity contribution in [1.82, 2.24) is 4.90 Å². The van der Waals surface area contributed by atoms with Crippen molar-refractivity contribution in [2.45, 2.75) is 20.4 Å². The van der Waals surface area contributed by atoms with Gasteiger partial charge in [0.05, 0.1) is 10.8 Å². The van der Waals surface area contributed by atoms with Crippen LogP contribution < -0.4 is 5.11 Å². The summed E-state index contributed by atoms with van der Waals surface area (Å²) in [7, 11) is 0. The molecule has 0 amide bonds. The molecule has 0 aliphatic carbocycles. The fourth-order valence-corrected chi connectivity index (χ4v) is 2.01. The predicted molar refractivity (Wildman–Crippen MR) is 55.3 cm³/mol. The molecule has 78 valence electrons. The summed E-state index contributed by atoms with van der Waals surface area (Å²) in [6.07, 6.45) is 0. The Balaban J connectivity index is 2.63. The molecule has 0 aliphatic rings. The van der Waals surface area contributed by atoms with Crippen molar-refractivity contribution in [2.24, 2.45) is 0 Å². The Hall–Kier alpha value is -0.870. The topological polar surface area (TPSA) is 43.4 Å². The van der Waals surface area contributed by atoms with Gasteiger partial charge in [0.25, 0.3) is 0 Å². The van der Waals surface area contributed by atoms with E-state index in [0.717, 1.165) is 25.2 Å². The van der Waals surface area contributed by atoms with Gasteiger partial charge < -0.3 is 9.90 Å². The molecule has 1 rings (SSSR count). The highest BCUT2D eigenvalue weighted by Gasteiger charge is 2.04. The van der Waals surface area contributed by atoms with Gasteiger partial charge in [-0.1, -0.05) is 13.8 Å². The Bertz CT molecular complexity index is 305. The van der Waals surface area contributed by atoms with Gasteiger partial charge in [0.15, 0.2) is 0 Å². The first-order chi connectivity index (χ1) is 6.67. The number of carbonyl (C=O) groups excluding carboxylic acids is 1. The predicted octanol–water partition coefficient (Wildman–Crippen LogP) is 0.953. The Morgan fingerprint density at radius 2 is 2.14 bits per heavy atom. The van der Waals surface area contributed by atoms with E-state index in [9.17, 15) is 9.90 Å².